The largest absolute Gasteiger partial charge is 0.309 e. The van der Waals surface area contributed by atoms with Crippen LogP contribution < -0.4 is 10.6 Å². The van der Waals surface area contributed by atoms with Crippen molar-refractivity contribution in [3.63, 3.8) is 0 Å². The van der Waals surface area contributed by atoms with E-state index >= 15 is 0 Å². The Bertz CT molecular complexity index is 1100. The first-order chi connectivity index (χ1) is 15.4. The molecule has 10 heteroatoms. The molecule has 2 amide bonds. The molecule has 1 aliphatic heterocycles. The number of amides is 2. The maximum Gasteiger partial charge on any atom is 0.239 e. The molecule has 168 valence electrons. The normalized spacial score (nSPS) is 15.0. The number of likely N-dealkylation sites (tertiary alicyclic amines) is 1. The molecule has 1 aliphatic rings. The van der Waals surface area contributed by atoms with Crippen LogP contribution in [0.25, 0.3) is 5.69 Å². The van der Waals surface area contributed by atoms with Crippen LogP contribution in [0.15, 0.2) is 35.7 Å². The predicted molar refractivity (Wildman–Crippen MR) is 122 cm³/mol. The molecule has 0 saturated carbocycles. The van der Waals surface area contributed by atoms with Crippen molar-refractivity contribution in [3.05, 3.63) is 52.9 Å². The summed E-state index contributed by atoms with van der Waals surface area (Å²) in [6, 6.07) is 7.71. The first kappa shape index (κ1) is 22.1. The highest BCUT2D eigenvalue weighted by Crippen LogP contribution is 2.22. The summed E-state index contributed by atoms with van der Waals surface area (Å²) in [6.07, 6.45) is 1.38. The van der Waals surface area contributed by atoms with E-state index in [1.54, 1.807) is 22.9 Å². The molecule has 1 saturated heterocycles. The molecule has 0 aliphatic carbocycles. The molecule has 32 heavy (non-hydrogen) atoms. The van der Waals surface area contributed by atoms with Crippen LogP contribution in [0, 0.1) is 25.6 Å². The van der Waals surface area contributed by atoms with Gasteiger partial charge in [0.05, 0.1) is 23.6 Å². The predicted octanol–water partition coefficient (Wildman–Crippen LogP) is 3.37. The fraction of sp³-hybridized carbons (Fsp3) is 0.364. The fourth-order valence-electron chi connectivity index (χ4n) is 3.73. The number of aryl methyl sites for hydroxylation is 2. The third-order valence-corrected chi connectivity index (χ3v) is 6.22. The van der Waals surface area contributed by atoms with Gasteiger partial charge < -0.3 is 10.6 Å². The number of halogens is 1. The van der Waals surface area contributed by atoms with Gasteiger partial charge in [0, 0.05) is 17.4 Å². The van der Waals surface area contributed by atoms with Crippen LogP contribution in [-0.4, -0.2) is 51.1 Å². The van der Waals surface area contributed by atoms with E-state index in [1.807, 2.05) is 24.1 Å². The first-order valence-corrected chi connectivity index (χ1v) is 11.3. The van der Waals surface area contributed by atoms with Crippen molar-refractivity contribution >= 4 is 34.1 Å². The van der Waals surface area contributed by atoms with E-state index in [4.69, 9.17) is 0 Å². The zero-order chi connectivity index (χ0) is 22.7. The fourth-order valence-corrected chi connectivity index (χ4v) is 4.42. The number of benzene rings is 1. The van der Waals surface area contributed by atoms with Gasteiger partial charge in [-0.05, 0) is 64.0 Å². The number of carbonyl (C=O) groups excluding carboxylic acids is 2. The van der Waals surface area contributed by atoms with Gasteiger partial charge in [0.25, 0.3) is 0 Å². The Kier molecular flexibility index (Phi) is 6.61. The molecule has 0 bridgehead atoms. The highest BCUT2D eigenvalue weighted by atomic mass is 32.1. The molecule has 3 aromatic rings. The number of nitrogens with one attached hydrogen (secondary N) is 2. The lowest BCUT2D eigenvalue weighted by atomic mass is 9.96. The second kappa shape index (κ2) is 9.58. The minimum absolute atomic E-state index is 0.0119. The van der Waals surface area contributed by atoms with E-state index in [9.17, 15) is 14.0 Å². The summed E-state index contributed by atoms with van der Waals surface area (Å²) in [5.74, 6) is -0.0493. The molecule has 0 spiro atoms. The first-order valence-electron chi connectivity index (χ1n) is 10.4. The van der Waals surface area contributed by atoms with Crippen LogP contribution in [0.4, 0.5) is 15.3 Å². The van der Waals surface area contributed by atoms with Gasteiger partial charge in [-0.2, -0.15) is 5.10 Å². The standard InChI is InChI=1S/C22H25FN6O2S/c1-14-11-19(29(27-14)18-5-3-17(23)4-6-18)25-20(30)12-28-9-7-16(8-10-28)21(31)26-22-24-15(2)13-32-22/h3-6,11,13,16H,7-10,12H2,1-2H3,(H,25,30)(H,24,26,31). The van der Waals surface area contributed by atoms with E-state index < -0.39 is 0 Å². The second-order valence-corrected chi connectivity index (χ2v) is 8.80. The lowest BCUT2D eigenvalue weighted by Crippen LogP contribution is -2.41. The van der Waals surface area contributed by atoms with Gasteiger partial charge in [0.15, 0.2) is 5.13 Å². The number of aromatic nitrogens is 3. The molecule has 8 nitrogen and oxygen atoms in total. The SMILES string of the molecule is Cc1csc(NC(=O)C2CCN(CC(=O)Nc3cc(C)nn3-c3ccc(F)cc3)CC2)n1. The van der Waals surface area contributed by atoms with E-state index in [1.165, 1.54) is 23.5 Å². The van der Waals surface area contributed by atoms with Crippen molar-refractivity contribution in [2.75, 3.05) is 30.3 Å². The van der Waals surface area contributed by atoms with E-state index in [-0.39, 0.29) is 30.1 Å². The Morgan fingerprint density at radius 2 is 1.84 bits per heavy atom. The lowest BCUT2D eigenvalue weighted by molar-refractivity contribution is -0.121. The molecule has 4 rings (SSSR count). The highest BCUT2D eigenvalue weighted by molar-refractivity contribution is 7.13. The topological polar surface area (TPSA) is 92.2 Å². The Labute approximate surface area is 189 Å². The molecule has 1 fully saturated rings. The average molecular weight is 457 g/mol. The van der Waals surface area contributed by atoms with Crippen LogP contribution in [0.3, 0.4) is 0 Å². The van der Waals surface area contributed by atoms with Gasteiger partial charge in [-0.15, -0.1) is 11.3 Å². The summed E-state index contributed by atoms with van der Waals surface area (Å²) in [5.41, 5.74) is 2.30. The van der Waals surface area contributed by atoms with Crippen molar-refractivity contribution in [3.8, 4) is 5.69 Å². The maximum atomic E-state index is 13.2. The molecule has 2 aromatic heterocycles. The van der Waals surface area contributed by atoms with Gasteiger partial charge in [-0.25, -0.2) is 14.1 Å². The van der Waals surface area contributed by atoms with Crippen LogP contribution in [-0.2, 0) is 9.59 Å². The van der Waals surface area contributed by atoms with Gasteiger partial charge >= 0.3 is 0 Å². The summed E-state index contributed by atoms with van der Waals surface area (Å²) >= 11 is 1.42. The van der Waals surface area contributed by atoms with Gasteiger partial charge in [-0.1, -0.05) is 0 Å². The monoisotopic (exact) mass is 456 g/mol. The highest BCUT2D eigenvalue weighted by Gasteiger charge is 2.26. The Balaban J connectivity index is 1.29. The number of piperidine rings is 1. The molecular weight excluding hydrogens is 431 g/mol. The number of anilines is 2. The zero-order valence-corrected chi connectivity index (χ0v) is 18.8. The Hall–Kier alpha value is -3.11. The van der Waals surface area contributed by atoms with Crippen LogP contribution >= 0.6 is 11.3 Å². The minimum Gasteiger partial charge on any atom is -0.309 e. The number of hydrogen-bond acceptors (Lipinski definition) is 6. The van der Waals surface area contributed by atoms with Crippen molar-refractivity contribution in [2.24, 2.45) is 5.92 Å². The summed E-state index contributed by atoms with van der Waals surface area (Å²) < 4.78 is 14.8. The molecule has 3 heterocycles. The number of rotatable bonds is 6. The number of nitrogens with zero attached hydrogens (tertiary/aromatic N) is 4. The maximum absolute atomic E-state index is 13.2. The molecule has 0 radical (unpaired) electrons. The van der Waals surface area contributed by atoms with Crippen LogP contribution in [0.1, 0.15) is 24.2 Å². The van der Waals surface area contributed by atoms with E-state index in [0.29, 0.717) is 42.6 Å². The van der Waals surface area contributed by atoms with E-state index in [0.717, 1.165) is 11.4 Å². The lowest BCUT2D eigenvalue weighted by Gasteiger charge is -2.30. The van der Waals surface area contributed by atoms with Crippen molar-refractivity contribution < 1.29 is 14.0 Å². The molecule has 1 aromatic carbocycles. The number of carbonyl (C=O) groups is 2. The van der Waals surface area contributed by atoms with Crippen molar-refractivity contribution in [2.45, 2.75) is 26.7 Å². The third kappa shape index (κ3) is 5.38. The summed E-state index contributed by atoms with van der Waals surface area (Å²) in [5, 5.41) is 12.7. The number of thiazole rings is 1. The van der Waals surface area contributed by atoms with E-state index in [2.05, 4.69) is 20.7 Å². The molecule has 0 unspecified atom stereocenters. The van der Waals surface area contributed by atoms with Crippen molar-refractivity contribution in [1.82, 2.24) is 19.7 Å². The molecular formula is C22H25FN6O2S. The molecule has 2 N–H and O–H groups in total. The summed E-state index contributed by atoms with van der Waals surface area (Å²) in [7, 11) is 0. The van der Waals surface area contributed by atoms with Gasteiger partial charge in [0.2, 0.25) is 11.8 Å². The smallest absolute Gasteiger partial charge is 0.239 e. The van der Waals surface area contributed by atoms with Crippen LogP contribution in [0.2, 0.25) is 0 Å². The minimum atomic E-state index is -0.331. The Morgan fingerprint density at radius 3 is 2.50 bits per heavy atom. The van der Waals surface area contributed by atoms with Gasteiger partial charge in [0.1, 0.15) is 11.6 Å². The molecule has 0 atom stereocenters. The third-order valence-electron chi connectivity index (χ3n) is 5.34. The number of hydrogen-bond donors (Lipinski definition) is 2. The second-order valence-electron chi connectivity index (χ2n) is 7.94. The van der Waals surface area contributed by atoms with Gasteiger partial charge in [-0.3, -0.25) is 14.5 Å². The zero-order valence-electron chi connectivity index (χ0n) is 18.0. The summed E-state index contributed by atoms with van der Waals surface area (Å²) in [6.45, 7) is 5.28. The quantitative estimate of drug-likeness (QED) is 0.593. The van der Waals surface area contributed by atoms with Crippen molar-refractivity contribution in [1.29, 1.82) is 0 Å². The summed E-state index contributed by atoms with van der Waals surface area (Å²) in [4.78, 5) is 31.4. The Morgan fingerprint density at radius 1 is 1.12 bits per heavy atom. The average Bonchev–Trinajstić information content (AvgIpc) is 3.33. The van der Waals surface area contributed by atoms with Crippen LogP contribution in [0.5, 0.6) is 0 Å².